The van der Waals surface area contributed by atoms with Gasteiger partial charge in [0.1, 0.15) is 55.4 Å². The Morgan fingerprint density at radius 2 is 0.585 bits per heavy atom. The Morgan fingerprint density at radius 3 is 0.906 bits per heavy atom. The lowest BCUT2D eigenvalue weighted by molar-refractivity contribution is -0.393. The molecule has 2 aliphatic rings. The minimum atomic E-state index is -1.30. The zero-order valence-electron chi connectivity index (χ0n) is 63.9. The van der Waals surface area contributed by atoms with Crippen molar-refractivity contribution in [1.82, 2.24) is 0 Å². The second-order valence-corrected chi connectivity index (χ2v) is 29.3. The van der Waals surface area contributed by atoms with Crippen molar-refractivity contribution in [1.29, 1.82) is 0 Å². The smallest absolute Gasteiger partial charge is 0.311 e. The van der Waals surface area contributed by atoms with E-state index in [1.54, 1.807) is 0 Å². The highest BCUT2D eigenvalue weighted by Gasteiger charge is 2.55. The molecule has 0 aliphatic carbocycles. The normalized spacial score (nSPS) is 20.8. The van der Waals surface area contributed by atoms with Gasteiger partial charge < -0.3 is 57.2 Å². The number of carbonyl (C=O) groups excluding carboxylic acids is 1. The number of aliphatic hydroxyl groups excluding tert-OH is 1. The maximum Gasteiger partial charge on any atom is 0.311 e. The summed E-state index contributed by atoms with van der Waals surface area (Å²) in [6, 6.07) is 70.2. The van der Waals surface area contributed by atoms with Crippen molar-refractivity contribution >= 4 is 5.97 Å². The maximum atomic E-state index is 15.8. The molecule has 13 nitrogen and oxygen atoms in total. The van der Waals surface area contributed by atoms with Gasteiger partial charge in [0.05, 0.1) is 64.9 Å². The van der Waals surface area contributed by atoms with E-state index in [0.717, 1.165) is 83.9 Å². The van der Waals surface area contributed by atoms with E-state index < -0.39 is 80.0 Å². The van der Waals surface area contributed by atoms with Crippen LogP contribution in [0.25, 0.3) is 0 Å². The van der Waals surface area contributed by atoms with Crippen LogP contribution >= 0.6 is 0 Å². The zero-order chi connectivity index (χ0) is 73.5. The van der Waals surface area contributed by atoms with E-state index in [1.807, 2.05) is 200 Å². The summed E-state index contributed by atoms with van der Waals surface area (Å²) in [7, 11) is 0. The van der Waals surface area contributed by atoms with Crippen LogP contribution in [0.15, 0.2) is 212 Å². The van der Waals surface area contributed by atoms with Gasteiger partial charge in [-0.1, -0.05) is 387 Å². The summed E-state index contributed by atoms with van der Waals surface area (Å²) in [4.78, 5) is 15.8. The first-order chi connectivity index (χ1) is 52.5. The van der Waals surface area contributed by atoms with Crippen molar-refractivity contribution in [2.45, 2.75) is 301 Å². The van der Waals surface area contributed by atoms with E-state index in [1.165, 1.54) is 122 Å². The summed E-state index contributed by atoms with van der Waals surface area (Å²) in [6.45, 7) is 5.33. The Bertz CT molecular complexity index is 3280. The summed E-state index contributed by atoms with van der Waals surface area (Å²) < 4.78 is 78.5. The van der Waals surface area contributed by atoms with Crippen molar-refractivity contribution in [2.75, 3.05) is 13.2 Å². The number of esters is 1. The van der Waals surface area contributed by atoms with Gasteiger partial charge in [-0.15, -0.1) is 0 Å². The first-order valence-corrected chi connectivity index (χ1v) is 40.8. The number of hydrogen-bond acceptors (Lipinski definition) is 13. The second kappa shape index (κ2) is 51.1. The van der Waals surface area contributed by atoms with E-state index in [0.29, 0.717) is 13.0 Å². The Labute approximate surface area is 636 Å². The Morgan fingerprint density at radius 1 is 0.321 bits per heavy atom. The van der Waals surface area contributed by atoms with Crippen LogP contribution in [0.4, 0.5) is 0 Å². The van der Waals surface area contributed by atoms with Gasteiger partial charge in [-0.25, -0.2) is 0 Å². The average molecular weight is 1450 g/mol. The van der Waals surface area contributed by atoms with Crippen LogP contribution in [-0.2, 0) is 103 Å². The SMILES string of the molecule is CCCCCCCCCCCCCCC[C@@H](OCc1ccccc1)[C@@H](CCCCCCCCCCCCCC)C(=O)OC[C@H]1O[C@H](O[C@H]2O[C@H](CO)[C@@H](OCc3ccccc3)[C@H](OCc3ccccc3)[C@H]2OCc2ccccc2)[C@H](OCc2ccccc2)[C@@H](OCc2ccccc2)[C@@H]1OCc1ccccc1. The largest absolute Gasteiger partial charge is 0.463 e. The molecule has 0 spiro atoms. The number of ether oxygens (including phenoxy) is 11. The van der Waals surface area contributed by atoms with Crippen molar-refractivity contribution in [3.8, 4) is 0 Å². The van der Waals surface area contributed by atoms with Crippen LogP contribution in [-0.4, -0.2) is 91.8 Å². The van der Waals surface area contributed by atoms with Gasteiger partial charge >= 0.3 is 5.97 Å². The molecule has 7 aromatic rings. The first-order valence-electron chi connectivity index (χ1n) is 40.8. The molecule has 0 amide bonds. The summed E-state index contributed by atoms with van der Waals surface area (Å²) in [6.07, 6.45) is 21.7. The summed E-state index contributed by atoms with van der Waals surface area (Å²) in [5.41, 5.74) is 6.62. The number of hydrogen-bond donors (Lipinski definition) is 1. The minimum absolute atomic E-state index is 0.145. The van der Waals surface area contributed by atoms with Gasteiger partial charge in [0.25, 0.3) is 0 Å². The Kier molecular flexibility index (Phi) is 40.3. The molecule has 2 saturated heterocycles. The van der Waals surface area contributed by atoms with Gasteiger partial charge in [0.15, 0.2) is 12.6 Å². The number of unbranched alkanes of at least 4 members (excludes halogenated alkanes) is 23. The molecule has 12 atom stereocenters. The van der Waals surface area contributed by atoms with E-state index in [4.69, 9.17) is 52.1 Å². The lowest BCUT2D eigenvalue weighted by atomic mass is 9.91. The van der Waals surface area contributed by atoms with Crippen LogP contribution in [0.1, 0.15) is 226 Å². The van der Waals surface area contributed by atoms with Crippen LogP contribution in [0.2, 0.25) is 0 Å². The summed E-state index contributed by atoms with van der Waals surface area (Å²) in [5.74, 6) is -0.896. The summed E-state index contributed by atoms with van der Waals surface area (Å²) >= 11 is 0. The number of carbonyl (C=O) groups is 1. The first kappa shape index (κ1) is 83.6. The topological polar surface area (TPSA) is 139 Å². The number of benzene rings is 7. The fourth-order valence-corrected chi connectivity index (χ4v) is 14.6. The molecule has 2 aliphatic heterocycles. The van der Waals surface area contributed by atoms with Crippen molar-refractivity contribution < 1.29 is 62.0 Å². The minimum Gasteiger partial charge on any atom is -0.463 e. The molecule has 1 N–H and O–H groups in total. The predicted molar refractivity (Wildman–Crippen MR) is 421 cm³/mol. The molecule has 0 unspecified atom stereocenters. The lowest BCUT2D eigenvalue weighted by Crippen LogP contribution is -2.66. The molecule has 0 bridgehead atoms. The molecule has 9 rings (SSSR count). The van der Waals surface area contributed by atoms with Crippen molar-refractivity contribution in [2.24, 2.45) is 5.92 Å². The summed E-state index contributed by atoms with van der Waals surface area (Å²) in [5, 5.41) is 11.6. The highest BCUT2D eigenvalue weighted by atomic mass is 16.8. The van der Waals surface area contributed by atoms with Crippen LogP contribution in [0.5, 0.6) is 0 Å². The standard InChI is InChI=1S/C93H126O13/c1-3-5-7-9-11-13-15-17-19-21-23-25-48-64-82(96-66-74-49-33-26-34-50-74)81(63-47-24-22-20-18-16-14-12-10-8-6-4-2)91(95)103-73-84-86(98-68-76-53-37-28-38-54-76)88(100-70-78-57-41-30-42-58-78)90(102-72-80-61-45-32-46-62-80)93(105-84)106-92-89(101-71-79-59-43-31-44-60-79)87(99-69-77-55-39-29-40-56-77)85(83(65-94)104-92)97-67-75-51-35-27-36-52-75/h26-46,49-62,81-90,92-94H,3-25,47-48,63-73H2,1-2H3/t81-,82-,83-,84-,85-,86-,87+,88+,89-,90-,92-,93-/m1/s1. The van der Waals surface area contributed by atoms with Gasteiger partial charge in [-0.05, 0) is 51.8 Å². The van der Waals surface area contributed by atoms with E-state index in [-0.39, 0.29) is 52.2 Å². The number of aliphatic hydroxyl groups is 1. The molecule has 0 saturated carbocycles. The molecule has 2 fully saturated rings. The lowest BCUT2D eigenvalue weighted by Gasteiger charge is -2.49. The molecule has 106 heavy (non-hydrogen) atoms. The molecule has 0 aromatic heterocycles. The third-order valence-electron chi connectivity index (χ3n) is 20.8. The fourth-order valence-electron chi connectivity index (χ4n) is 14.6. The quantitative estimate of drug-likeness (QED) is 0.0286. The molecule has 13 heteroatoms. The fraction of sp³-hybridized carbons (Fsp3) is 0.538. The zero-order valence-corrected chi connectivity index (χ0v) is 63.9. The van der Waals surface area contributed by atoms with Crippen molar-refractivity contribution in [3.05, 3.63) is 251 Å². The van der Waals surface area contributed by atoms with Gasteiger partial charge in [0.2, 0.25) is 0 Å². The Balaban J connectivity index is 1.04. The molecule has 576 valence electrons. The van der Waals surface area contributed by atoms with Gasteiger partial charge in [0, 0.05) is 0 Å². The molecule has 7 aromatic carbocycles. The average Bonchev–Trinajstić information content (AvgIpc) is 0.771. The predicted octanol–water partition coefficient (Wildman–Crippen LogP) is 21.3. The third-order valence-corrected chi connectivity index (χ3v) is 20.8. The van der Waals surface area contributed by atoms with E-state index in [9.17, 15) is 5.11 Å². The van der Waals surface area contributed by atoms with Crippen LogP contribution < -0.4 is 0 Å². The maximum absolute atomic E-state index is 15.8. The molecule has 0 radical (unpaired) electrons. The van der Waals surface area contributed by atoms with Crippen LogP contribution in [0.3, 0.4) is 0 Å². The second-order valence-electron chi connectivity index (χ2n) is 29.3. The molecular formula is C93H126O13. The highest BCUT2D eigenvalue weighted by Crippen LogP contribution is 2.38. The Hall–Kier alpha value is -6.43. The highest BCUT2D eigenvalue weighted by molar-refractivity contribution is 5.73. The van der Waals surface area contributed by atoms with Crippen LogP contribution in [0, 0.1) is 5.92 Å². The van der Waals surface area contributed by atoms with E-state index >= 15 is 4.79 Å². The number of rotatable bonds is 55. The third kappa shape index (κ3) is 30.6. The van der Waals surface area contributed by atoms with Crippen molar-refractivity contribution in [3.63, 3.8) is 0 Å². The van der Waals surface area contributed by atoms with Gasteiger partial charge in [-0.3, -0.25) is 4.79 Å². The van der Waals surface area contributed by atoms with Gasteiger partial charge in [-0.2, -0.15) is 0 Å². The molecular weight excluding hydrogens is 1330 g/mol. The molecule has 2 heterocycles. The monoisotopic (exact) mass is 1450 g/mol. The van der Waals surface area contributed by atoms with E-state index in [2.05, 4.69) is 26.0 Å².